The van der Waals surface area contributed by atoms with Gasteiger partial charge in [-0.1, -0.05) is 48.2 Å². The molecule has 0 radical (unpaired) electrons. The van der Waals surface area contributed by atoms with E-state index in [0.717, 1.165) is 30.2 Å². The molecule has 3 rings (SSSR count). The molecule has 1 aromatic heterocycles. The van der Waals surface area contributed by atoms with Crippen molar-refractivity contribution in [2.75, 3.05) is 23.3 Å². The Balaban J connectivity index is 1.56. The molecule has 0 aliphatic rings. The maximum Gasteiger partial charge on any atom is 0.253 e. The maximum absolute atomic E-state index is 12.6. The number of hydrazone groups is 1. The van der Waals surface area contributed by atoms with Gasteiger partial charge in [0.1, 0.15) is 0 Å². The van der Waals surface area contributed by atoms with Gasteiger partial charge in [0, 0.05) is 31.0 Å². The Labute approximate surface area is 211 Å². The third-order valence-corrected chi connectivity index (χ3v) is 6.47. The molecule has 2 N–H and O–H groups in total. The largest absolute Gasteiger partial charge is 0.378 e. The molecule has 1 atom stereocenters. The van der Waals surface area contributed by atoms with E-state index in [0.29, 0.717) is 18.2 Å². The van der Waals surface area contributed by atoms with Crippen molar-refractivity contribution in [1.82, 2.24) is 20.2 Å². The summed E-state index contributed by atoms with van der Waals surface area (Å²) in [6.07, 6.45) is 3.44. The standard InChI is InChI=1S/C26H33N7OS/c1-5-17-33-24(19-27-22-11-9-8-10-12-22)29-31-26(33)35-20(4)25(34)30-28-18-21-13-15-23(16-14-21)32(6-2)7-3/h5,8-16,18,20,27H,1,6-7,17,19H2,2-4H3,(H,30,34). The van der Waals surface area contributed by atoms with Crippen molar-refractivity contribution in [3.63, 3.8) is 0 Å². The summed E-state index contributed by atoms with van der Waals surface area (Å²) in [6.45, 7) is 12.9. The van der Waals surface area contributed by atoms with E-state index in [-0.39, 0.29) is 5.91 Å². The number of amides is 1. The molecule has 184 valence electrons. The van der Waals surface area contributed by atoms with Crippen LogP contribution in [0.1, 0.15) is 32.2 Å². The van der Waals surface area contributed by atoms with Crippen LogP contribution in [0, 0.1) is 0 Å². The van der Waals surface area contributed by atoms with E-state index in [4.69, 9.17) is 0 Å². The number of benzene rings is 2. The van der Waals surface area contributed by atoms with Gasteiger partial charge in [-0.3, -0.25) is 4.79 Å². The van der Waals surface area contributed by atoms with Crippen molar-refractivity contribution in [2.45, 2.75) is 44.3 Å². The lowest BCUT2D eigenvalue weighted by atomic mass is 10.2. The molecule has 8 nitrogen and oxygen atoms in total. The van der Waals surface area contributed by atoms with Crippen molar-refractivity contribution in [3.05, 3.63) is 78.6 Å². The number of allylic oxidation sites excluding steroid dienone is 1. The lowest BCUT2D eigenvalue weighted by Crippen LogP contribution is -2.27. The van der Waals surface area contributed by atoms with Crippen molar-refractivity contribution in [3.8, 4) is 0 Å². The molecule has 0 saturated heterocycles. The second kappa shape index (κ2) is 13.3. The fourth-order valence-electron chi connectivity index (χ4n) is 3.42. The predicted octanol–water partition coefficient (Wildman–Crippen LogP) is 4.55. The molecule has 0 bridgehead atoms. The molecule has 0 fully saturated rings. The van der Waals surface area contributed by atoms with Crippen molar-refractivity contribution in [2.24, 2.45) is 5.10 Å². The van der Waals surface area contributed by atoms with Gasteiger partial charge >= 0.3 is 0 Å². The Morgan fingerprint density at radius 1 is 1.14 bits per heavy atom. The number of aromatic nitrogens is 3. The fraction of sp³-hybridized carbons (Fsp3) is 0.308. The zero-order valence-electron chi connectivity index (χ0n) is 20.5. The molecule has 35 heavy (non-hydrogen) atoms. The van der Waals surface area contributed by atoms with E-state index in [1.165, 1.54) is 17.4 Å². The number of rotatable bonds is 13. The van der Waals surface area contributed by atoms with Crippen LogP contribution >= 0.6 is 11.8 Å². The fourth-order valence-corrected chi connectivity index (χ4v) is 4.29. The Hall–Kier alpha value is -3.59. The third kappa shape index (κ3) is 7.45. The molecule has 1 unspecified atom stereocenters. The number of anilines is 2. The second-order valence-corrected chi connectivity index (χ2v) is 9.08. The molecule has 3 aromatic rings. The molecule has 9 heteroatoms. The molecule has 0 aliphatic carbocycles. The smallest absolute Gasteiger partial charge is 0.253 e. The lowest BCUT2D eigenvalue weighted by molar-refractivity contribution is -0.120. The highest BCUT2D eigenvalue weighted by atomic mass is 32.2. The van der Waals surface area contributed by atoms with Gasteiger partial charge in [0.25, 0.3) is 5.91 Å². The summed E-state index contributed by atoms with van der Waals surface area (Å²) in [5.74, 6) is 0.568. The van der Waals surface area contributed by atoms with E-state index < -0.39 is 5.25 Å². The van der Waals surface area contributed by atoms with Gasteiger partial charge in [-0.2, -0.15) is 5.10 Å². The zero-order chi connectivity index (χ0) is 25.0. The molecule has 0 spiro atoms. The number of nitrogens with zero attached hydrogens (tertiary/aromatic N) is 5. The normalized spacial score (nSPS) is 11.9. The van der Waals surface area contributed by atoms with Crippen LogP contribution in [0.3, 0.4) is 0 Å². The number of para-hydroxylation sites is 1. The lowest BCUT2D eigenvalue weighted by Gasteiger charge is -2.20. The highest BCUT2D eigenvalue weighted by Gasteiger charge is 2.19. The Kier molecular flexibility index (Phi) is 9.92. The van der Waals surface area contributed by atoms with Gasteiger partial charge < -0.3 is 14.8 Å². The van der Waals surface area contributed by atoms with Crippen LogP contribution in [0.25, 0.3) is 0 Å². The zero-order valence-corrected chi connectivity index (χ0v) is 21.3. The summed E-state index contributed by atoms with van der Waals surface area (Å²) in [5, 5.41) is 16.3. The van der Waals surface area contributed by atoms with E-state index in [9.17, 15) is 4.79 Å². The van der Waals surface area contributed by atoms with Gasteiger partial charge in [0.15, 0.2) is 11.0 Å². The summed E-state index contributed by atoms with van der Waals surface area (Å²) in [6, 6.07) is 18.0. The molecule has 0 aliphatic heterocycles. The Morgan fingerprint density at radius 2 is 1.86 bits per heavy atom. The number of hydrogen-bond acceptors (Lipinski definition) is 7. The summed E-state index contributed by atoms with van der Waals surface area (Å²) in [4.78, 5) is 14.9. The first-order valence-corrected chi connectivity index (χ1v) is 12.6. The third-order valence-electron chi connectivity index (χ3n) is 5.39. The van der Waals surface area contributed by atoms with Crippen LogP contribution in [0.2, 0.25) is 0 Å². The Bertz CT molecular complexity index is 1110. The number of thioether (sulfide) groups is 1. The molecule has 2 aromatic carbocycles. The topological polar surface area (TPSA) is 87.4 Å². The van der Waals surface area contributed by atoms with Crippen LogP contribution in [-0.2, 0) is 17.9 Å². The van der Waals surface area contributed by atoms with Gasteiger partial charge in [-0.15, -0.1) is 16.8 Å². The SMILES string of the molecule is C=CCn1c(CNc2ccccc2)nnc1SC(C)C(=O)NN=Cc1ccc(N(CC)CC)cc1. The van der Waals surface area contributed by atoms with Crippen molar-refractivity contribution in [1.29, 1.82) is 0 Å². The predicted molar refractivity (Wildman–Crippen MR) is 145 cm³/mol. The summed E-state index contributed by atoms with van der Waals surface area (Å²) >= 11 is 1.34. The maximum atomic E-state index is 12.6. The average molecular weight is 492 g/mol. The van der Waals surface area contributed by atoms with Crippen molar-refractivity contribution < 1.29 is 4.79 Å². The minimum Gasteiger partial charge on any atom is -0.378 e. The van der Waals surface area contributed by atoms with Crippen molar-refractivity contribution >= 4 is 35.3 Å². The second-order valence-electron chi connectivity index (χ2n) is 7.78. The van der Waals surface area contributed by atoms with Crippen LogP contribution in [0.4, 0.5) is 11.4 Å². The van der Waals surface area contributed by atoms with Gasteiger partial charge in [0.2, 0.25) is 0 Å². The quantitative estimate of drug-likeness (QED) is 0.158. The minimum absolute atomic E-state index is 0.205. The first kappa shape index (κ1) is 26.0. The number of hydrogen-bond donors (Lipinski definition) is 2. The first-order valence-electron chi connectivity index (χ1n) is 11.7. The molecule has 1 amide bonds. The van der Waals surface area contributed by atoms with Crippen LogP contribution in [0.5, 0.6) is 0 Å². The summed E-state index contributed by atoms with van der Waals surface area (Å²) in [5.41, 5.74) is 5.72. The summed E-state index contributed by atoms with van der Waals surface area (Å²) < 4.78 is 1.96. The van der Waals surface area contributed by atoms with Gasteiger partial charge in [-0.05, 0) is 50.6 Å². The Morgan fingerprint density at radius 3 is 2.51 bits per heavy atom. The van der Waals surface area contributed by atoms with E-state index in [2.05, 4.69) is 63.5 Å². The monoisotopic (exact) mass is 491 g/mol. The number of nitrogens with one attached hydrogen (secondary N) is 2. The highest BCUT2D eigenvalue weighted by molar-refractivity contribution is 8.00. The average Bonchev–Trinajstić information content (AvgIpc) is 3.26. The van der Waals surface area contributed by atoms with E-state index in [1.807, 2.05) is 54.0 Å². The van der Waals surface area contributed by atoms with Crippen LogP contribution < -0.4 is 15.6 Å². The van der Waals surface area contributed by atoms with Crippen LogP contribution in [0.15, 0.2) is 77.5 Å². The van der Waals surface area contributed by atoms with Gasteiger partial charge in [0.05, 0.1) is 18.0 Å². The molecule has 0 saturated carbocycles. The van der Waals surface area contributed by atoms with E-state index >= 15 is 0 Å². The van der Waals surface area contributed by atoms with Crippen LogP contribution in [-0.4, -0.2) is 45.2 Å². The first-order chi connectivity index (χ1) is 17.0. The number of carbonyl (C=O) groups is 1. The molecular formula is C26H33N7OS. The minimum atomic E-state index is -0.403. The van der Waals surface area contributed by atoms with Gasteiger partial charge in [-0.25, -0.2) is 5.43 Å². The number of carbonyl (C=O) groups excluding carboxylic acids is 1. The van der Waals surface area contributed by atoms with E-state index in [1.54, 1.807) is 12.3 Å². The highest BCUT2D eigenvalue weighted by Crippen LogP contribution is 2.23. The molecule has 1 heterocycles. The summed E-state index contributed by atoms with van der Waals surface area (Å²) in [7, 11) is 0. The molecular weight excluding hydrogens is 458 g/mol.